The Balaban J connectivity index is 1.86. The van der Waals surface area contributed by atoms with Crippen LogP contribution in [-0.4, -0.2) is 26.6 Å². The fourth-order valence-corrected chi connectivity index (χ4v) is 4.61. The van der Waals surface area contributed by atoms with Gasteiger partial charge in [-0.15, -0.1) is 0 Å². The molecule has 6 nitrogen and oxygen atoms in total. The van der Waals surface area contributed by atoms with Gasteiger partial charge in [0.05, 0.1) is 16.3 Å². The molecular formula is C23H21FIN3O3S. The summed E-state index contributed by atoms with van der Waals surface area (Å²) in [5.74, 6) is -1.16. The molecule has 32 heavy (non-hydrogen) atoms. The molecule has 0 saturated carbocycles. The molecule has 0 spiro atoms. The molecule has 1 N–H and O–H groups in total. The fourth-order valence-electron chi connectivity index (χ4n) is 2.83. The van der Waals surface area contributed by atoms with Gasteiger partial charge in [0.25, 0.3) is 15.9 Å². The predicted molar refractivity (Wildman–Crippen MR) is 132 cm³/mol. The predicted octanol–water partition coefficient (Wildman–Crippen LogP) is 4.47. The molecule has 0 aromatic heterocycles. The first kappa shape index (κ1) is 23.9. The number of hydrogen-bond acceptors (Lipinski definition) is 4. The van der Waals surface area contributed by atoms with Crippen molar-refractivity contribution in [1.82, 2.24) is 5.43 Å². The molecule has 9 heteroatoms. The van der Waals surface area contributed by atoms with Crippen molar-refractivity contribution < 1.29 is 17.6 Å². The molecular weight excluding hydrogens is 544 g/mol. The molecule has 0 heterocycles. The number of carbonyl (C=O) groups excluding carboxylic acids is 1. The lowest BCUT2D eigenvalue weighted by molar-refractivity contribution is -0.119. The monoisotopic (exact) mass is 565 g/mol. The average molecular weight is 565 g/mol. The molecule has 0 bridgehead atoms. The Morgan fingerprint density at radius 1 is 1.00 bits per heavy atom. The molecule has 3 rings (SSSR count). The van der Waals surface area contributed by atoms with E-state index < -0.39 is 28.3 Å². The summed E-state index contributed by atoms with van der Waals surface area (Å²) in [5.41, 5.74) is 5.09. The van der Waals surface area contributed by atoms with Crippen LogP contribution in [0.25, 0.3) is 0 Å². The van der Waals surface area contributed by atoms with Crippen molar-refractivity contribution in [2.45, 2.75) is 18.7 Å². The zero-order valence-corrected chi connectivity index (χ0v) is 20.4. The molecule has 0 fully saturated rings. The van der Waals surface area contributed by atoms with Gasteiger partial charge in [0.2, 0.25) is 0 Å². The SMILES string of the molecule is C/C(=N/NC(=O)CN(c1ccc(C)cc1)S(=O)(=O)c1ccc(F)cc1)c1ccc(I)cc1. The van der Waals surface area contributed by atoms with E-state index in [1.54, 1.807) is 31.2 Å². The van der Waals surface area contributed by atoms with Crippen molar-refractivity contribution >= 4 is 49.9 Å². The Morgan fingerprint density at radius 3 is 2.19 bits per heavy atom. The van der Waals surface area contributed by atoms with E-state index in [0.29, 0.717) is 11.4 Å². The first-order valence-electron chi connectivity index (χ1n) is 9.61. The van der Waals surface area contributed by atoms with Crippen molar-refractivity contribution in [2.24, 2.45) is 5.10 Å². The lowest BCUT2D eigenvalue weighted by Crippen LogP contribution is -2.39. The minimum absolute atomic E-state index is 0.120. The number of aryl methyl sites for hydroxylation is 1. The van der Waals surface area contributed by atoms with Gasteiger partial charge in [-0.05, 0) is 90.5 Å². The largest absolute Gasteiger partial charge is 0.271 e. The van der Waals surface area contributed by atoms with Crippen LogP contribution in [0.1, 0.15) is 18.1 Å². The van der Waals surface area contributed by atoms with E-state index >= 15 is 0 Å². The Hall–Kier alpha value is -2.79. The molecule has 1 amide bonds. The first-order valence-corrected chi connectivity index (χ1v) is 12.1. The van der Waals surface area contributed by atoms with Crippen LogP contribution in [0.5, 0.6) is 0 Å². The highest BCUT2D eigenvalue weighted by atomic mass is 127. The van der Waals surface area contributed by atoms with E-state index in [0.717, 1.165) is 31.1 Å². The van der Waals surface area contributed by atoms with Crippen LogP contribution in [0.15, 0.2) is 82.8 Å². The minimum atomic E-state index is -4.12. The van der Waals surface area contributed by atoms with Crippen LogP contribution < -0.4 is 9.73 Å². The van der Waals surface area contributed by atoms with Gasteiger partial charge in [0, 0.05) is 3.57 Å². The van der Waals surface area contributed by atoms with E-state index in [9.17, 15) is 17.6 Å². The molecule has 3 aromatic carbocycles. The van der Waals surface area contributed by atoms with Crippen LogP contribution in [-0.2, 0) is 14.8 Å². The lowest BCUT2D eigenvalue weighted by atomic mass is 10.1. The molecule has 3 aromatic rings. The summed E-state index contributed by atoms with van der Waals surface area (Å²) in [4.78, 5) is 12.5. The lowest BCUT2D eigenvalue weighted by Gasteiger charge is -2.24. The Bertz CT molecular complexity index is 1230. The maximum Gasteiger partial charge on any atom is 0.264 e. The Labute approximate surface area is 200 Å². The zero-order chi connectivity index (χ0) is 23.3. The topological polar surface area (TPSA) is 78.8 Å². The van der Waals surface area contributed by atoms with Crippen LogP contribution in [0.4, 0.5) is 10.1 Å². The Kier molecular flexibility index (Phi) is 7.62. The van der Waals surface area contributed by atoms with E-state index in [4.69, 9.17) is 0 Å². The van der Waals surface area contributed by atoms with E-state index in [-0.39, 0.29) is 4.90 Å². The second kappa shape index (κ2) is 10.2. The van der Waals surface area contributed by atoms with E-state index in [2.05, 4.69) is 33.1 Å². The number of amides is 1. The number of anilines is 1. The van der Waals surface area contributed by atoms with Gasteiger partial charge in [-0.3, -0.25) is 9.10 Å². The number of halogens is 2. The van der Waals surface area contributed by atoms with Crippen LogP contribution in [0.2, 0.25) is 0 Å². The summed E-state index contributed by atoms with van der Waals surface area (Å²) in [6.45, 7) is 3.12. The Morgan fingerprint density at radius 2 is 1.59 bits per heavy atom. The van der Waals surface area contributed by atoms with Gasteiger partial charge in [-0.25, -0.2) is 18.2 Å². The number of sulfonamides is 1. The zero-order valence-electron chi connectivity index (χ0n) is 17.4. The summed E-state index contributed by atoms with van der Waals surface area (Å²) >= 11 is 2.19. The number of benzene rings is 3. The highest BCUT2D eigenvalue weighted by molar-refractivity contribution is 14.1. The third-order valence-electron chi connectivity index (χ3n) is 4.62. The number of nitrogens with zero attached hydrogens (tertiary/aromatic N) is 2. The smallest absolute Gasteiger partial charge is 0.264 e. The molecule has 0 aliphatic heterocycles. The standard InChI is InChI=1S/C23H21FIN3O3S/c1-16-3-11-21(12-4-16)28(32(30,31)22-13-7-19(24)8-14-22)15-23(29)27-26-17(2)18-5-9-20(25)10-6-18/h3-14H,15H2,1-2H3,(H,27,29)/b26-17-. The summed E-state index contributed by atoms with van der Waals surface area (Å²) in [5, 5.41) is 4.09. The number of rotatable bonds is 7. The maximum atomic E-state index is 13.3. The van der Waals surface area contributed by atoms with Gasteiger partial charge < -0.3 is 0 Å². The second-order valence-corrected chi connectivity index (χ2v) is 10.1. The van der Waals surface area contributed by atoms with Crippen molar-refractivity contribution in [2.75, 3.05) is 10.8 Å². The molecule has 0 unspecified atom stereocenters. The van der Waals surface area contributed by atoms with Crippen LogP contribution in [0, 0.1) is 16.3 Å². The molecule has 0 radical (unpaired) electrons. The highest BCUT2D eigenvalue weighted by Gasteiger charge is 2.27. The number of hydrogen-bond donors (Lipinski definition) is 1. The summed E-state index contributed by atoms with van der Waals surface area (Å²) < 4.78 is 41.8. The van der Waals surface area contributed by atoms with E-state index in [1.807, 2.05) is 31.2 Å². The summed E-state index contributed by atoms with van der Waals surface area (Å²) in [6.07, 6.45) is 0. The molecule has 0 atom stereocenters. The number of hydrazone groups is 1. The van der Waals surface area contributed by atoms with E-state index in [1.165, 1.54) is 12.1 Å². The van der Waals surface area contributed by atoms with Gasteiger partial charge in [-0.1, -0.05) is 29.8 Å². The quantitative estimate of drug-likeness (QED) is 0.261. The minimum Gasteiger partial charge on any atom is -0.271 e. The normalized spacial score (nSPS) is 11.8. The first-order chi connectivity index (χ1) is 15.2. The second-order valence-electron chi connectivity index (χ2n) is 7.04. The van der Waals surface area contributed by atoms with Gasteiger partial charge in [-0.2, -0.15) is 5.10 Å². The van der Waals surface area contributed by atoms with Gasteiger partial charge in [0.15, 0.2) is 0 Å². The maximum absolute atomic E-state index is 13.3. The molecule has 0 aliphatic carbocycles. The fraction of sp³-hybridized carbons (Fsp3) is 0.130. The van der Waals surface area contributed by atoms with Crippen molar-refractivity contribution in [1.29, 1.82) is 0 Å². The van der Waals surface area contributed by atoms with Crippen LogP contribution >= 0.6 is 22.6 Å². The van der Waals surface area contributed by atoms with Crippen molar-refractivity contribution in [3.05, 3.63) is 93.3 Å². The van der Waals surface area contributed by atoms with Gasteiger partial charge >= 0.3 is 0 Å². The molecule has 0 aliphatic rings. The summed E-state index contributed by atoms with van der Waals surface area (Å²) in [6, 6.07) is 18.8. The van der Waals surface area contributed by atoms with Gasteiger partial charge in [0.1, 0.15) is 12.4 Å². The van der Waals surface area contributed by atoms with Crippen LogP contribution in [0.3, 0.4) is 0 Å². The molecule has 166 valence electrons. The highest BCUT2D eigenvalue weighted by Crippen LogP contribution is 2.24. The average Bonchev–Trinajstić information content (AvgIpc) is 2.77. The third kappa shape index (κ3) is 5.92. The number of nitrogens with one attached hydrogen (secondary N) is 1. The van der Waals surface area contributed by atoms with Crippen molar-refractivity contribution in [3.8, 4) is 0 Å². The van der Waals surface area contributed by atoms with Crippen molar-refractivity contribution in [3.63, 3.8) is 0 Å². The molecule has 0 saturated heterocycles. The summed E-state index contributed by atoms with van der Waals surface area (Å²) in [7, 11) is -4.12. The number of carbonyl (C=O) groups is 1. The third-order valence-corrected chi connectivity index (χ3v) is 7.13.